The third kappa shape index (κ3) is 7.11. The highest BCUT2D eigenvalue weighted by Crippen LogP contribution is 2.57. The molecule has 0 aliphatic heterocycles. The maximum absolute atomic E-state index is 12.5. The molecule has 0 saturated carbocycles. The molecular weight excluding hydrogens is 291 g/mol. The van der Waals surface area contributed by atoms with Crippen LogP contribution in [0.25, 0.3) is 0 Å². The highest BCUT2D eigenvalue weighted by molar-refractivity contribution is 8.39. The van der Waals surface area contributed by atoms with Crippen molar-refractivity contribution in [3.8, 4) is 0 Å². The number of hydrogen-bond acceptors (Lipinski definition) is 4. The molecule has 0 heterocycles. The van der Waals surface area contributed by atoms with E-state index in [4.69, 9.17) is 9.05 Å². The summed E-state index contributed by atoms with van der Waals surface area (Å²) in [5.74, 6) is 0. The molecule has 0 rings (SSSR count). The lowest BCUT2D eigenvalue weighted by Gasteiger charge is -2.25. The Balaban J connectivity index is 5.23. The summed E-state index contributed by atoms with van der Waals surface area (Å²) in [4.78, 5) is 14.7. The van der Waals surface area contributed by atoms with Gasteiger partial charge in [-0.05, 0) is 25.1 Å². The van der Waals surface area contributed by atoms with E-state index in [1.807, 2.05) is 20.1 Å². The second-order valence-electron chi connectivity index (χ2n) is 4.40. The van der Waals surface area contributed by atoms with Gasteiger partial charge in [-0.1, -0.05) is 31.4 Å². The normalized spacial score (nSPS) is 12.4. The van der Waals surface area contributed by atoms with Crippen LogP contribution in [0.2, 0.25) is 19.6 Å². The van der Waals surface area contributed by atoms with Gasteiger partial charge in [0.15, 0.2) is 0 Å². The molecule has 0 aromatic rings. The van der Waals surface area contributed by atoms with Gasteiger partial charge in [0.05, 0.1) is 21.3 Å². The van der Waals surface area contributed by atoms with Crippen LogP contribution in [0.4, 0.5) is 0 Å². The van der Waals surface area contributed by atoms with E-state index in [0.29, 0.717) is 13.2 Å². The van der Waals surface area contributed by atoms with E-state index >= 15 is 0 Å². The lowest BCUT2D eigenvalue weighted by Crippen LogP contribution is -2.23. The molecule has 0 amide bonds. The summed E-state index contributed by atoms with van der Waals surface area (Å²) >= 11 is 1.45. The zero-order valence-corrected chi connectivity index (χ0v) is 15.0. The molecule has 0 N–H and O–H groups in total. The standard InChI is InChI=1S/C10H23O3PS2Si/c1-7-12-14(11,13-8-2)10(15-3)16-9-17(4,5)6/h9H,7-8H2,1-6H3. The lowest BCUT2D eigenvalue weighted by atomic mass is 10.9. The summed E-state index contributed by atoms with van der Waals surface area (Å²) in [6.07, 6.45) is 1.91. The highest BCUT2D eigenvalue weighted by atomic mass is 32.2. The quantitative estimate of drug-likeness (QED) is 0.429. The largest absolute Gasteiger partial charge is 0.626 e. The molecule has 7 heteroatoms. The third-order valence-corrected chi connectivity index (χ3v) is 10.00. The van der Waals surface area contributed by atoms with Crippen molar-refractivity contribution in [2.24, 2.45) is 0 Å². The molecule has 102 valence electrons. The summed E-state index contributed by atoms with van der Waals surface area (Å²) in [7, 11) is -2.85. The summed E-state index contributed by atoms with van der Waals surface area (Å²) in [6.45, 7) is 11.2. The summed E-state index contributed by atoms with van der Waals surface area (Å²) in [6, 6.07) is 0. The molecule has 3 nitrogen and oxygen atoms in total. The molecule has 0 aliphatic rings. The average Bonchev–Trinajstić information content (AvgIpc) is 2.17. The Labute approximate surface area is 114 Å². The van der Waals surface area contributed by atoms with E-state index in [0.717, 1.165) is 3.94 Å². The Morgan fingerprint density at radius 1 is 1.24 bits per heavy atom. The summed E-state index contributed by atoms with van der Waals surface area (Å²) in [5.41, 5.74) is 0. The minimum Gasteiger partial charge on any atom is -0.626 e. The predicted molar refractivity (Wildman–Crippen MR) is 85.7 cm³/mol. The molecule has 0 spiro atoms. The molecule has 0 unspecified atom stereocenters. The van der Waals surface area contributed by atoms with E-state index in [1.54, 1.807) is 0 Å². The van der Waals surface area contributed by atoms with Crippen molar-refractivity contribution in [2.45, 2.75) is 33.5 Å². The zero-order valence-electron chi connectivity index (χ0n) is 11.5. The molecule has 0 saturated heterocycles. The molecular formula is C10H23O3PS2Si. The minimum atomic E-state index is -3.08. The maximum Gasteiger partial charge on any atom is 0.287 e. The second kappa shape index (κ2) is 8.10. The van der Waals surface area contributed by atoms with Crippen LogP contribution in [0, 0.1) is 0 Å². The van der Waals surface area contributed by atoms with E-state index in [-0.39, 0.29) is 0 Å². The SMILES string of the molecule is CCO[P+]([O-])(OCC)C(SC)=S=C[Si](C)(C)C. The van der Waals surface area contributed by atoms with Crippen molar-refractivity contribution >= 4 is 47.6 Å². The average molecular weight is 314 g/mol. The van der Waals surface area contributed by atoms with Crippen LogP contribution < -0.4 is 4.89 Å². The molecule has 0 aromatic heterocycles. The fraction of sp³-hybridized carbons (Fsp3) is 0.800. The summed E-state index contributed by atoms with van der Waals surface area (Å²) in [5, 5.41) is 0. The van der Waals surface area contributed by atoms with Gasteiger partial charge < -0.3 is 4.89 Å². The van der Waals surface area contributed by atoms with E-state index < -0.39 is 16.0 Å². The van der Waals surface area contributed by atoms with Crippen LogP contribution in [-0.2, 0) is 9.05 Å². The van der Waals surface area contributed by atoms with Gasteiger partial charge in [0, 0.05) is 0 Å². The Bertz CT molecular complexity index is 292. The van der Waals surface area contributed by atoms with Gasteiger partial charge in [-0.15, -0.1) is 10.9 Å². The smallest absolute Gasteiger partial charge is 0.287 e. The topological polar surface area (TPSA) is 41.5 Å². The highest BCUT2D eigenvalue weighted by Gasteiger charge is 2.35. The molecule has 0 aromatic carbocycles. The Hall–Kier alpha value is 0.837. The minimum absolute atomic E-state index is 0.398. The first-order chi connectivity index (χ1) is 7.79. The van der Waals surface area contributed by atoms with Gasteiger partial charge in [-0.3, -0.25) is 0 Å². The van der Waals surface area contributed by atoms with Crippen LogP contribution in [-0.4, -0.2) is 36.5 Å². The van der Waals surface area contributed by atoms with Gasteiger partial charge in [-0.25, -0.2) is 9.05 Å². The van der Waals surface area contributed by atoms with Crippen molar-refractivity contribution in [3.05, 3.63) is 0 Å². The van der Waals surface area contributed by atoms with Gasteiger partial charge in [-0.2, -0.15) is 0 Å². The molecule has 0 bridgehead atoms. The van der Waals surface area contributed by atoms with Gasteiger partial charge in [0.2, 0.25) is 3.94 Å². The molecule has 0 atom stereocenters. The molecule has 0 aliphatic carbocycles. The van der Waals surface area contributed by atoms with Crippen LogP contribution in [0.15, 0.2) is 0 Å². The first kappa shape index (κ1) is 17.8. The maximum atomic E-state index is 12.5. The Morgan fingerprint density at radius 3 is 2.00 bits per heavy atom. The second-order valence-corrected chi connectivity index (χ2v) is 14.4. The Kier molecular flexibility index (Phi) is 8.50. The van der Waals surface area contributed by atoms with E-state index in [1.165, 1.54) is 22.7 Å². The van der Waals surface area contributed by atoms with E-state index in [2.05, 4.69) is 24.6 Å². The van der Waals surface area contributed by atoms with Gasteiger partial charge in [0.25, 0.3) is 7.94 Å². The fourth-order valence-electron chi connectivity index (χ4n) is 0.934. The van der Waals surface area contributed by atoms with Crippen LogP contribution >= 0.6 is 30.6 Å². The monoisotopic (exact) mass is 314 g/mol. The first-order valence-corrected chi connectivity index (χ1v) is 12.8. The van der Waals surface area contributed by atoms with Gasteiger partial charge >= 0.3 is 0 Å². The third-order valence-electron chi connectivity index (χ3n) is 1.51. The lowest BCUT2D eigenvalue weighted by molar-refractivity contribution is -0.210. The first-order valence-electron chi connectivity index (χ1n) is 5.60. The number of thioether (sulfide) groups is 1. The van der Waals surface area contributed by atoms with Crippen molar-refractivity contribution in [1.29, 1.82) is 0 Å². The predicted octanol–water partition coefficient (Wildman–Crippen LogP) is 3.05. The van der Waals surface area contributed by atoms with Crippen molar-refractivity contribution in [1.82, 2.24) is 0 Å². The van der Waals surface area contributed by atoms with Gasteiger partial charge in [0.1, 0.15) is 0 Å². The fourth-order valence-corrected chi connectivity index (χ4v) is 7.05. The summed E-state index contributed by atoms with van der Waals surface area (Å²) < 4.78 is 11.4. The Morgan fingerprint density at radius 2 is 1.71 bits per heavy atom. The number of hydrogen-bond donors (Lipinski definition) is 0. The van der Waals surface area contributed by atoms with Crippen LogP contribution in [0.1, 0.15) is 13.8 Å². The molecule has 0 fully saturated rings. The van der Waals surface area contributed by atoms with Crippen molar-refractivity contribution < 1.29 is 13.9 Å². The van der Waals surface area contributed by atoms with Crippen molar-refractivity contribution in [2.75, 3.05) is 19.5 Å². The van der Waals surface area contributed by atoms with Crippen LogP contribution in [0.5, 0.6) is 0 Å². The van der Waals surface area contributed by atoms with Crippen molar-refractivity contribution in [3.63, 3.8) is 0 Å². The number of rotatable bonds is 6. The molecule has 17 heavy (non-hydrogen) atoms. The van der Waals surface area contributed by atoms with Crippen LogP contribution in [0.3, 0.4) is 0 Å². The van der Waals surface area contributed by atoms with E-state index in [9.17, 15) is 4.89 Å². The molecule has 0 radical (unpaired) electrons. The zero-order chi connectivity index (χ0) is 13.5.